The first-order valence-corrected chi connectivity index (χ1v) is 11.8. The van der Waals surface area contributed by atoms with Crippen LogP contribution in [0.2, 0.25) is 0 Å². The molecule has 0 aliphatic carbocycles. The van der Waals surface area contributed by atoms with Crippen LogP contribution in [0.25, 0.3) is 22.0 Å². The first-order valence-electron chi connectivity index (χ1n) is 11.8. The molecule has 6 heteroatoms. The second kappa shape index (κ2) is 8.75. The number of nitrogens with one attached hydrogen (secondary N) is 1. The summed E-state index contributed by atoms with van der Waals surface area (Å²) in [5.41, 5.74) is 6.66. The van der Waals surface area contributed by atoms with Gasteiger partial charge in [-0.15, -0.1) is 0 Å². The lowest BCUT2D eigenvalue weighted by Gasteiger charge is -2.46. The topological polar surface area (TPSA) is 67.7 Å². The van der Waals surface area contributed by atoms with Gasteiger partial charge in [0.2, 0.25) is 0 Å². The number of methoxy groups -OCH3 is 2. The molecule has 0 radical (unpaired) electrons. The summed E-state index contributed by atoms with van der Waals surface area (Å²) in [6, 6.07) is 6.37. The predicted octanol–water partition coefficient (Wildman–Crippen LogP) is 5.50. The number of hydrogen-bond donors (Lipinski definition) is 1. The van der Waals surface area contributed by atoms with E-state index in [-0.39, 0.29) is 17.7 Å². The summed E-state index contributed by atoms with van der Waals surface area (Å²) in [6.45, 7) is 5.88. The molecule has 174 valence electrons. The van der Waals surface area contributed by atoms with Crippen LogP contribution < -0.4 is 4.74 Å². The summed E-state index contributed by atoms with van der Waals surface area (Å²) in [6.07, 6.45) is 8.07. The summed E-state index contributed by atoms with van der Waals surface area (Å²) >= 11 is 0. The minimum absolute atomic E-state index is 0.102. The van der Waals surface area contributed by atoms with E-state index < -0.39 is 0 Å². The largest absolute Gasteiger partial charge is 0.504 e. The van der Waals surface area contributed by atoms with E-state index in [1.54, 1.807) is 39.9 Å². The number of aromatic nitrogens is 1. The Bertz CT molecular complexity index is 1190. The Kier molecular flexibility index (Phi) is 5.79. The van der Waals surface area contributed by atoms with Gasteiger partial charge < -0.3 is 18.9 Å². The zero-order valence-electron chi connectivity index (χ0n) is 19.8. The van der Waals surface area contributed by atoms with Crippen molar-refractivity contribution in [2.45, 2.75) is 39.2 Å². The fourth-order valence-electron chi connectivity index (χ4n) is 6.02. The molecule has 5 rings (SSSR count). The third kappa shape index (κ3) is 3.57. The van der Waals surface area contributed by atoms with E-state index >= 15 is 0 Å². The molecular weight excluding hydrogens is 416 g/mol. The van der Waals surface area contributed by atoms with Gasteiger partial charge in [-0.05, 0) is 55.4 Å². The monoisotopic (exact) mass is 448 g/mol. The average molecular weight is 449 g/mol. The quantitative estimate of drug-likeness (QED) is 0.398. The number of Topliss-reactive ketones (excluding diaryl/α,β-unsaturated/α-hetero) is 1. The van der Waals surface area contributed by atoms with Gasteiger partial charge in [-0.1, -0.05) is 13.3 Å². The maximum absolute atomic E-state index is 12.5. The molecule has 3 aromatic rings. The van der Waals surface area contributed by atoms with Gasteiger partial charge in [0.15, 0.2) is 5.78 Å². The van der Waals surface area contributed by atoms with E-state index in [0.29, 0.717) is 5.92 Å². The van der Waals surface area contributed by atoms with Crippen molar-refractivity contribution in [2.75, 3.05) is 27.3 Å². The van der Waals surface area contributed by atoms with Crippen LogP contribution in [0.5, 0.6) is 5.75 Å². The zero-order valence-corrected chi connectivity index (χ0v) is 19.8. The highest BCUT2D eigenvalue weighted by atomic mass is 16.5. The molecule has 0 spiro atoms. The fraction of sp³-hybridized carbons (Fsp3) is 0.444. The van der Waals surface area contributed by atoms with E-state index in [1.807, 2.05) is 6.07 Å². The van der Waals surface area contributed by atoms with Crippen LogP contribution in [-0.2, 0) is 16.0 Å². The third-order valence-corrected chi connectivity index (χ3v) is 7.62. The van der Waals surface area contributed by atoms with Crippen LogP contribution >= 0.6 is 0 Å². The van der Waals surface area contributed by atoms with Gasteiger partial charge in [0.1, 0.15) is 5.75 Å². The number of rotatable bonds is 6. The number of aromatic amines is 1. The highest BCUT2D eigenvalue weighted by Gasteiger charge is 2.42. The van der Waals surface area contributed by atoms with Crippen molar-refractivity contribution in [1.29, 1.82) is 0 Å². The lowest BCUT2D eigenvalue weighted by Crippen LogP contribution is -2.46. The standard InChI is InChI=1S/C27H32N2O4/c1-5-17-13-29-10-8-20-25-24(32-4)7-6-19(18-9-11-33-14-18)27(25)28-26(20)23(29)12-21(17)22(15-31-3)16(2)30/h6-7,9,11,14-15,17,21,23,28H,5,8,10,12-13H2,1-4H3/b22-15-/t17-,21+,23+/m1/s1. The highest BCUT2D eigenvalue weighted by molar-refractivity contribution is 6.01. The van der Waals surface area contributed by atoms with Gasteiger partial charge >= 0.3 is 0 Å². The van der Waals surface area contributed by atoms with Crippen molar-refractivity contribution in [3.63, 3.8) is 0 Å². The molecule has 33 heavy (non-hydrogen) atoms. The number of carbonyl (C=O) groups is 1. The normalized spacial score (nSPS) is 23.3. The first-order chi connectivity index (χ1) is 16.1. The number of hydrogen-bond acceptors (Lipinski definition) is 5. The molecule has 1 saturated heterocycles. The number of H-pyrrole nitrogens is 1. The van der Waals surface area contributed by atoms with Gasteiger partial charge in [0, 0.05) is 40.9 Å². The second-order valence-electron chi connectivity index (χ2n) is 9.23. The Morgan fingerprint density at radius 2 is 2.15 bits per heavy atom. The molecule has 2 aliphatic rings. The van der Waals surface area contributed by atoms with E-state index in [2.05, 4.69) is 28.9 Å². The van der Waals surface area contributed by atoms with Crippen LogP contribution in [0.15, 0.2) is 47.0 Å². The third-order valence-electron chi connectivity index (χ3n) is 7.62. The molecule has 0 saturated carbocycles. The summed E-state index contributed by atoms with van der Waals surface area (Å²) in [4.78, 5) is 18.9. The lowest BCUT2D eigenvalue weighted by atomic mass is 9.73. The number of ketones is 1. The van der Waals surface area contributed by atoms with Crippen LogP contribution in [-0.4, -0.2) is 43.0 Å². The summed E-state index contributed by atoms with van der Waals surface area (Å²) < 4.78 is 16.5. The number of benzene rings is 1. The molecule has 2 aliphatic heterocycles. The molecule has 4 heterocycles. The molecule has 0 bridgehead atoms. The number of allylic oxidation sites excluding steroid dienone is 1. The maximum Gasteiger partial charge on any atom is 0.159 e. The number of ether oxygens (including phenoxy) is 2. The van der Waals surface area contributed by atoms with Crippen LogP contribution in [0.1, 0.15) is 44.0 Å². The van der Waals surface area contributed by atoms with Gasteiger partial charge in [-0.2, -0.15) is 0 Å². The molecule has 6 nitrogen and oxygen atoms in total. The Hall–Kier alpha value is -2.99. The average Bonchev–Trinajstić information content (AvgIpc) is 3.49. The van der Waals surface area contributed by atoms with Crippen molar-refractivity contribution in [1.82, 2.24) is 9.88 Å². The second-order valence-corrected chi connectivity index (χ2v) is 9.23. The number of nitrogens with zero attached hydrogens (tertiary/aromatic N) is 1. The Balaban J connectivity index is 1.63. The summed E-state index contributed by atoms with van der Waals surface area (Å²) in [5, 5.41) is 1.17. The number of carbonyl (C=O) groups excluding carboxylic acids is 1. The van der Waals surface area contributed by atoms with Gasteiger partial charge in [-0.25, -0.2) is 0 Å². The zero-order chi connectivity index (χ0) is 23.1. The van der Waals surface area contributed by atoms with Crippen molar-refractivity contribution in [3.05, 3.63) is 53.8 Å². The minimum atomic E-state index is 0.102. The molecule has 2 aromatic heterocycles. The van der Waals surface area contributed by atoms with E-state index in [1.165, 1.54) is 16.6 Å². The Labute approximate surface area is 194 Å². The van der Waals surface area contributed by atoms with Crippen molar-refractivity contribution >= 4 is 16.7 Å². The van der Waals surface area contributed by atoms with Crippen molar-refractivity contribution < 1.29 is 18.7 Å². The summed E-state index contributed by atoms with van der Waals surface area (Å²) in [7, 11) is 3.36. The fourth-order valence-corrected chi connectivity index (χ4v) is 6.02. The van der Waals surface area contributed by atoms with Gasteiger partial charge in [0.05, 0.1) is 44.6 Å². The van der Waals surface area contributed by atoms with Crippen LogP contribution in [0, 0.1) is 11.8 Å². The van der Waals surface area contributed by atoms with Crippen molar-refractivity contribution in [2.24, 2.45) is 11.8 Å². The maximum atomic E-state index is 12.5. The van der Waals surface area contributed by atoms with Crippen LogP contribution in [0.4, 0.5) is 0 Å². The smallest absolute Gasteiger partial charge is 0.159 e. The molecule has 1 fully saturated rings. The SMILES string of the molecule is CC[C@@H]1CN2CCc3c([nH]c4c(-c5ccoc5)ccc(OC)c34)[C@@H]2C[C@@H]1/C(=C\OC)C(C)=O. The van der Waals surface area contributed by atoms with E-state index in [0.717, 1.165) is 60.3 Å². The van der Waals surface area contributed by atoms with E-state index in [9.17, 15) is 4.79 Å². The van der Waals surface area contributed by atoms with E-state index in [4.69, 9.17) is 13.9 Å². The molecule has 0 unspecified atom stereocenters. The predicted molar refractivity (Wildman–Crippen MR) is 128 cm³/mol. The molecule has 0 amide bonds. The minimum Gasteiger partial charge on any atom is -0.504 e. The van der Waals surface area contributed by atoms with Crippen LogP contribution in [0.3, 0.4) is 0 Å². The Morgan fingerprint density at radius 3 is 2.82 bits per heavy atom. The van der Waals surface area contributed by atoms with Crippen molar-refractivity contribution in [3.8, 4) is 16.9 Å². The first kappa shape index (κ1) is 21.8. The molecule has 1 N–H and O–H groups in total. The van der Waals surface area contributed by atoms with Gasteiger partial charge in [0.25, 0.3) is 0 Å². The highest BCUT2D eigenvalue weighted by Crippen LogP contribution is 2.48. The Morgan fingerprint density at radius 1 is 1.30 bits per heavy atom. The number of fused-ring (bicyclic) bond motifs is 5. The van der Waals surface area contributed by atoms with Gasteiger partial charge in [-0.3, -0.25) is 9.69 Å². The molecule has 3 atom stereocenters. The lowest BCUT2D eigenvalue weighted by molar-refractivity contribution is -0.114. The molecule has 1 aromatic carbocycles. The number of piperidine rings is 1. The summed E-state index contributed by atoms with van der Waals surface area (Å²) in [5.74, 6) is 1.62. The number of furan rings is 1. The molecular formula is C27H32N2O4.